The molecular formula is C35H61N3O9P+. The average molecular weight is 699 g/mol. The Morgan fingerprint density at radius 3 is 2.42 bits per heavy atom. The summed E-state index contributed by atoms with van der Waals surface area (Å²) in [6.07, 6.45) is 16.5. The quantitative estimate of drug-likeness (QED) is 0.0194. The predicted octanol–water partition coefficient (Wildman–Crippen LogP) is 5.23. The van der Waals surface area contributed by atoms with Crippen molar-refractivity contribution in [3.8, 4) is 0 Å². The highest BCUT2D eigenvalue weighted by Crippen LogP contribution is 2.43. The number of phosphoric acid groups is 1. The smallest absolute Gasteiger partial charge is 0.396 e. The third kappa shape index (κ3) is 19.0. The van der Waals surface area contributed by atoms with Gasteiger partial charge in [0.2, 0.25) is 11.8 Å². The van der Waals surface area contributed by atoms with Crippen molar-refractivity contribution >= 4 is 19.6 Å². The van der Waals surface area contributed by atoms with Crippen LogP contribution in [0.1, 0.15) is 73.1 Å². The van der Waals surface area contributed by atoms with Crippen LogP contribution in [0, 0.1) is 11.3 Å². The highest BCUT2D eigenvalue weighted by Gasteiger charge is 2.29. The van der Waals surface area contributed by atoms with Gasteiger partial charge in [-0.2, -0.15) is 0 Å². The Morgan fingerprint density at radius 1 is 1.08 bits per heavy atom. The molecule has 1 aliphatic rings. The maximum atomic E-state index is 13.0. The molecular weight excluding hydrogens is 637 g/mol. The Balaban J connectivity index is 2.87. The van der Waals surface area contributed by atoms with E-state index < -0.39 is 32.3 Å². The van der Waals surface area contributed by atoms with Gasteiger partial charge in [0.05, 0.1) is 34.4 Å². The Kier molecular flexibility index (Phi) is 19.7. The van der Waals surface area contributed by atoms with E-state index in [0.29, 0.717) is 35.9 Å². The average Bonchev–Trinajstić information content (AvgIpc) is 2.97. The largest absolute Gasteiger partial charge is 0.472 e. The van der Waals surface area contributed by atoms with Crippen molar-refractivity contribution in [3.05, 3.63) is 58.7 Å². The summed E-state index contributed by atoms with van der Waals surface area (Å²) in [5, 5.41) is 23.2. The number of aliphatic hydroxyl groups excluding tert-OH is 1. The van der Waals surface area contributed by atoms with Crippen LogP contribution in [-0.2, 0) is 28.1 Å². The number of aliphatic hydroxyl groups is 1. The molecule has 2 unspecified atom stereocenters. The Labute approximate surface area is 287 Å². The Morgan fingerprint density at radius 2 is 1.79 bits per heavy atom. The van der Waals surface area contributed by atoms with Crippen LogP contribution in [0.15, 0.2) is 58.7 Å². The minimum Gasteiger partial charge on any atom is -0.396 e. The Bertz CT molecular complexity index is 1230. The number of allylic oxidation sites excluding steroid dienone is 9. The first-order valence-electron chi connectivity index (χ1n) is 16.7. The molecule has 3 atom stereocenters. The molecule has 0 aromatic rings. The second kappa shape index (κ2) is 21.6. The molecule has 0 radical (unpaired) electrons. The maximum Gasteiger partial charge on any atom is 0.472 e. The summed E-state index contributed by atoms with van der Waals surface area (Å²) in [5.41, 5.74) is 4.68. The van der Waals surface area contributed by atoms with E-state index in [1.54, 1.807) is 13.0 Å². The molecule has 1 rings (SSSR count). The number of hydrogen-bond acceptors (Lipinski definition) is 8. The molecule has 0 aliphatic heterocycles. The second-order valence-corrected chi connectivity index (χ2v) is 15.7. The van der Waals surface area contributed by atoms with E-state index in [4.69, 9.17) is 14.3 Å². The zero-order chi connectivity index (χ0) is 36.4. The van der Waals surface area contributed by atoms with E-state index in [1.807, 2.05) is 40.2 Å². The third-order valence-electron chi connectivity index (χ3n) is 8.09. The number of carbonyl (C=O) groups is 2. The second-order valence-electron chi connectivity index (χ2n) is 14.2. The summed E-state index contributed by atoms with van der Waals surface area (Å²) in [6, 6.07) is -1.27. The van der Waals surface area contributed by atoms with Crippen molar-refractivity contribution < 1.29 is 47.8 Å². The van der Waals surface area contributed by atoms with Gasteiger partial charge in [-0.3, -0.25) is 23.9 Å². The number of amides is 2. The lowest BCUT2D eigenvalue weighted by atomic mass is 9.72. The first-order valence-corrected chi connectivity index (χ1v) is 18.2. The summed E-state index contributed by atoms with van der Waals surface area (Å²) in [7, 11) is 1.23. The van der Waals surface area contributed by atoms with Crippen LogP contribution in [0.4, 0.5) is 0 Å². The van der Waals surface area contributed by atoms with Gasteiger partial charge in [0.25, 0.3) is 0 Å². The minimum absolute atomic E-state index is 0.0120. The summed E-state index contributed by atoms with van der Waals surface area (Å²) >= 11 is 0. The van der Waals surface area contributed by atoms with Gasteiger partial charge in [0, 0.05) is 25.1 Å². The van der Waals surface area contributed by atoms with Crippen molar-refractivity contribution in [3.63, 3.8) is 0 Å². The maximum absolute atomic E-state index is 13.0. The summed E-state index contributed by atoms with van der Waals surface area (Å²) in [4.78, 5) is 40.1. The van der Waals surface area contributed by atoms with Crippen molar-refractivity contribution in [1.29, 1.82) is 0 Å². The van der Waals surface area contributed by atoms with Gasteiger partial charge in [-0.25, -0.2) is 9.45 Å². The lowest BCUT2D eigenvalue weighted by molar-refractivity contribution is -0.870. The molecule has 0 fully saturated rings. The first-order chi connectivity index (χ1) is 22.4. The van der Waals surface area contributed by atoms with Gasteiger partial charge in [-0.15, -0.1) is 0 Å². The van der Waals surface area contributed by atoms with E-state index >= 15 is 0 Å². The van der Waals surface area contributed by atoms with Crippen LogP contribution in [0.5, 0.6) is 0 Å². The molecule has 0 aromatic carbocycles. The highest BCUT2D eigenvalue weighted by molar-refractivity contribution is 7.47. The number of likely N-dealkylation sites (N-methyl/N-ethyl adjacent to an activating group) is 1. The van der Waals surface area contributed by atoms with Gasteiger partial charge < -0.3 is 25.1 Å². The number of quaternary nitrogens is 1. The third-order valence-corrected chi connectivity index (χ3v) is 9.08. The van der Waals surface area contributed by atoms with Crippen LogP contribution in [0.3, 0.4) is 0 Å². The van der Waals surface area contributed by atoms with Crippen molar-refractivity contribution in [2.24, 2.45) is 11.3 Å². The first kappa shape index (κ1) is 43.6. The zero-order valence-electron chi connectivity index (χ0n) is 30.3. The SMILES string of the molecule is CC1=C(/C=C/C(C)=C/C=C/C(C)=C/C(=O)N[C@@H](COP(=O)(O)OCC[N+](C)(C)C)C(=O)NCCCCC(CO)COO)C(C)(C)CCC1. The molecule has 13 heteroatoms. The highest BCUT2D eigenvalue weighted by atomic mass is 31.2. The zero-order valence-corrected chi connectivity index (χ0v) is 31.2. The van der Waals surface area contributed by atoms with Gasteiger partial charge in [-0.1, -0.05) is 61.8 Å². The molecule has 2 amide bonds. The Hall–Kier alpha value is -2.41. The number of unbranched alkanes of at least 4 members (excludes halogenated alkanes) is 1. The number of phosphoric ester groups is 1. The molecule has 0 spiro atoms. The van der Waals surface area contributed by atoms with E-state index in [0.717, 1.165) is 12.0 Å². The molecule has 0 bridgehead atoms. The fourth-order valence-electron chi connectivity index (χ4n) is 5.15. The lowest BCUT2D eigenvalue weighted by Gasteiger charge is -2.32. The summed E-state index contributed by atoms with van der Waals surface area (Å²) in [5.74, 6) is -1.39. The van der Waals surface area contributed by atoms with Crippen LogP contribution < -0.4 is 10.6 Å². The van der Waals surface area contributed by atoms with Gasteiger partial charge in [0.1, 0.15) is 19.2 Å². The normalized spacial score (nSPS) is 18.6. The van der Waals surface area contributed by atoms with Crippen molar-refractivity contribution in [2.75, 3.05) is 60.7 Å². The van der Waals surface area contributed by atoms with Crippen LogP contribution in [0.25, 0.3) is 0 Å². The molecule has 0 aromatic heterocycles. The minimum atomic E-state index is -4.49. The van der Waals surface area contributed by atoms with Gasteiger partial charge in [0.15, 0.2) is 0 Å². The van der Waals surface area contributed by atoms with Gasteiger partial charge >= 0.3 is 7.82 Å². The number of rotatable bonds is 22. The molecule has 48 heavy (non-hydrogen) atoms. The van der Waals surface area contributed by atoms with E-state index in [9.17, 15) is 24.2 Å². The van der Waals surface area contributed by atoms with E-state index in [-0.39, 0.29) is 37.7 Å². The van der Waals surface area contributed by atoms with Crippen molar-refractivity contribution in [2.45, 2.75) is 79.2 Å². The number of hydrogen-bond donors (Lipinski definition) is 5. The standard InChI is InChI=1S/C35H60N3O9P/c1-27(17-18-31-29(3)15-12-19-35(31,4)5)13-11-14-28(2)23-33(40)37-32(26-47-48(43,44)46-22-21-38(6,7)8)34(41)36-20-10-9-16-30(24-39)25-45-42/h11,13-14,17-18,23,30,32,39H,9-10,12,15-16,19-22,24-26H2,1-8H3,(H3-,36,37,40,41,42,43,44)/p+1/b14-11+,18-17+,27-13+,28-23+/t30?,32-/m0/s1. The monoisotopic (exact) mass is 698 g/mol. The predicted molar refractivity (Wildman–Crippen MR) is 189 cm³/mol. The number of nitrogens with one attached hydrogen (secondary N) is 2. The molecule has 0 saturated heterocycles. The fourth-order valence-corrected chi connectivity index (χ4v) is 5.87. The number of nitrogens with zero attached hydrogens (tertiary/aromatic N) is 1. The van der Waals surface area contributed by atoms with E-state index in [1.165, 1.54) is 30.1 Å². The number of carbonyl (C=O) groups excluding carboxylic acids is 2. The van der Waals surface area contributed by atoms with Crippen LogP contribution >= 0.6 is 7.82 Å². The molecule has 1 aliphatic carbocycles. The van der Waals surface area contributed by atoms with Crippen molar-refractivity contribution in [1.82, 2.24) is 10.6 Å². The topological polar surface area (TPSA) is 164 Å². The molecule has 274 valence electrons. The van der Waals surface area contributed by atoms with Gasteiger partial charge in [-0.05, 0) is 69.4 Å². The van der Waals surface area contributed by atoms with E-state index in [2.05, 4.69) is 48.4 Å². The molecule has 5 N–H and O–H groups in total. The molecule has 0 saturated carbocycles. The van der Waals surface area contributed by atoms with Crippen LogP contribution in [-0.4, -0.2) is 98.3 Å². The summed E-state index contributed by atoms with van der Waals surface area (Å²) < 4.78 is 23.1. The molecule has 0 heterocycles. The fraction of sp³-hybridized carbons (Fsp3) is 0.657. The lowest BCUT2D eigenvalue weighted by Crippen LogP contribution is -2.49. The summed E-state index contributed by atoms with van der Waals surface area (Å²) in [6.45, 7) is 10.5. The molecule has 12 nitrogen and oxygen atoms in total. The van der Waals surface area contributed by atoms with Crippen LogP contribution in [0.2, 0.25) is 0 Å².